The highest BCUT2D eigenvalue weighted by atomic mass is 14.9. The lowest BCUT2D eigenvalue weighted by Crippen LogP contribution is -1.96. The van der Waals surface area contributed by atoms with Crippen molar-refractivity contribution in [3.05, 3.63) is 200 Å². The summed E-state index contributed by atoms with van der Waals surface area (Å²) >= 11 is 0. The van der Waals surface area contributed by atoms with Gasteiger partial charge in [-0.3, -0.25) is 0 Å². The lowest BCUT2D eigenvalue weighted by molar-refractivity contribution is 1.47. The molecule has 51 heavy (non-hydrogen) atoms. The maximum atomic E-state index is 6.15. The van der Waals surface area contributed by atoms with E-state index in [1.165, 1.54) is 71.3 Å². The molecule has 0 spiro atoms. The number of benzene rings is 9. The molecule has 2 heteroatoms. The van der Waals surface area contributed by atoms with Crippen LogP contribution in [0.5, 0.6) is 0 Å². The van der Waals surface area contributed by atoms with Gasteiger partial charge in [-0.15, -0.1) is 0 Å². The van der Waals surface area contributed by atoms with E-state index >= 15 is 0 Å². The number of nitrogen functional groups attached to an aromatic ring is 1. The van der Waals surface area contributed by atoms with Gasteiger partial charge in [0.2, 0.25) is 0 Å². The van der Waals surface area contributed by atoms with E-state index in [2.05, 4.69) is 176 Å². The molecule has 0 bridgehead atoms. The molecule has 9 rings (SSSR count). The predicted molar refractivity (Wildman–Crippen MR) is 221 cm³/mol. The fraction of sp³-hybridized carbons (Fsp3) is 0.0204. The van der Waals surface area contributed by atoms with Gasteiger partial charge in [-0.1, -0.05) is 175 Å². The van der Waals surface area contributed by atoms with E-state index in [0.717, 1.165) is 17.1 Å². The molecule has 0 aromatic heterocycles. The van der Waals surface area contributed by atoms with Crippen LogP contribution in [0.3, 0.4) is 0 Å². The number of hydrogen-bond acceptors (Lipinski definition) is 2. The molecule has 0 aliphatic carbocycles. The Morgan fingerprint density at radius 3 is 1.59 bits per heavy atom. The van der Waals surface area contributed by atoms with Gasteiger partial charge < -0.3 is 11.1 Å². The number of anilines is 3. The van der Waals surface area contributed by atoms with Crippen LogP contribution < -0.4 is 11.1 Å². The molecular formula is C49H38N2. The molecule has 244 valence electrons. The minimum absolute atomic E-state index is 0.734. The van der Waals surface area contributed by atoms with Crippen molar-refractivity contribution in [2.24, 2.45) is 0 Å². The highest BCUT2D eigenvalue weighted by Crippen LogP contribution is 2.45. The van der Waals surface area contributed by atoms with Crippen LogP contribution in [-0.4, -0.2) is 0 Å². The Hall–Kier alpha value is -6.64. The van der Waals surface area contributed by atoms with Crippen molar-refractivity contribution in [1.29, 1.82) is 0 Å². The first-order chi connectivity index (χ1) is 25.1. The second-order valence-corrected chi connectivity index (χ2v) is 12.9. The van der Waals surface area contributed by atoms with Gasteiger partial charge in [0.1, 0.15) is 0 Å². The maximum Gasteiger partial charge on any atom is 0.0617 e. The van der Waals surface area contributed by atoms with E-state index in [4.69, 9.17) is 5.73 Å². The van der Waals surface area contributed by atoms with Gasteiger partial charge in [0.25, 0.3) is 0 Å². The largest absolute Gasteiger partial charge is 0.397 e. The van der Waals surface area contributed by atoms with E-state index in [0.29, 0.717) is 0 Å². The van der Waals surface area contributed by atoms with Crippen LogP contribution in [0.1, 0.15) is 5.56 Å². The topological polar surface area (TPSA) is 38.0 Å². The Morgan fingerprint density at radius 2 is 0.922 bits per heavy atom. The molecule has 0 aliphatic heterocycles. The Bertz CT molecular complexity index is 2560. The van der Waals surface area contributed by atoms with Crippen molar-refractivity contribution in [3.63, 3.8) is 0 Å². The summed E-state index contributed by atoms with van der Waals surface area (Å²) in [6.07, 6.45) is 0. The van der Waals surface area contributed by atoms with Crippen molar-refractivity contribution in [2.45, 2.75) is 6.92 Å². The molecule has 0 fully saturated rings. The summed E-state index contributed by atoms with van der Waals surface area (Å²) < 4.78 is 0. The Kier molecular flexibility index (Phi) is 8.72. The van der Waals surface area contributed by atoms with Crippen LogP contribution in [0.2, 0.25) is 0 Å². The number of rotatable bonds is 5. The van der Waals surface area contributed by atoms with E-state index in [1.54, 1.807) is 0 Å². The van der Waals surface area contributed by atoms with Gasteiger partial charge in [0.05, 0.1) is 11.4 Å². The van der Waals surface area contributed by atoms with Gasteiger partial charge in [0, 0.05) is 5.69 Å². The lowest BCUT2D eigenvalue weighted by Gasteiger charge is -2.19. The molecule has 0 aliphatic rings. The third-order valence-electron chi connectivity index (χ3n) is 9.53. The van der Waals surface area contributed by atoms with Crippen LogP contribution in [0.4, 0.5) is 17.1 Å². The summed E-state index contributed by atoms with van der Waals surface area (Å²) in [5.74, 6) is 0. The second kappa shape index (κ2) is 14.1. The van der Waals surface area contributed by atoms with Gasteiger partial charge in [-0.05, 0) is 96.9 Å². The number of nitrogens with two attached hydrogens (primary N) is 1. The molecule has 0 heterocycles. The SMILES string of the molecule is Cc1cccc(-c2ccccc2)c1.Nc1ccccc1Nc1ccc(-c2c3ccccc3c(-c3cccc4ccccc34)c3ccccc23)cc1. The van der Waals surface area contributed by atoms with Crippen molar-refractivity contribution in [3.8, 4) is 33.4 Å². The van der Waals surface area contributed by atoms with Gasteiger partial charge in [-0.25, -0.2) is 0 Å². The number of hydrogen-bond donors (Lipinski definition) is 2. The molecule has 0 saturated heterocycles. The number of aryl methyl sites for hydroxylation is 1. The zero-order chi connectivity index (χ0) is 34.6. The van der Waals surface area contributed by atoms with Crippen molar-refractivity contribution < 1.29 is 0 Å². The summed E-state index contributed by atoms with van der Waals surface area (Å²) in [7, 11) is 0. The minimum atomic E-state index is 0.734. The predicted octanol–water partition coefficient (Wildman–Crippen LogP) is 13.5. The van der Waals surface area contributed by atoms with Crippen LogP contribution in [0.15, 0.2) is 194 Å². The lowest BCUT2D eigenvalue weighted by atomic mass is 9.85. The third kappa shape index (κ3) is 6.44. The number of fused-ring (bicyclic) bond motifs is 3. The van der Waals surface area contributed by atoms with Gasteiger partial charge in [0.15, 0.2) is 0 Å². The quantitative estimate of drug-likeness (QED) is 0.143. The minimum Gasteiger partial charge on any atom is -0.397 e. The zero-order valence-electron chi connectivity index (χ0n) is 28.6. The van der Waals surface area contributed by atoms with Crippen LogP contribution in [0, 0.1) is 6.92 Å². The highest BCUT2D eigenvalue weighted by Gasteiger charge is 2.17. The Labute approximate surface area is 299 Å². The molecule has 9 aromatic rings. The average Bonchev–Trinajstić information content (AvgIpc) is 3.19. The standard InChI is InChI=1S/C36H26N2.C13H12/c37-33-18-7-8-19-34(33)38-26-22-20-25(21-23-26)35-29-13-3-5-15-31(29)36(32-16-6-4-14-30(32)35)28-17-9-11-24-10-1-2-12-27(24)28;1-11-6-5-9-13(10-11)12-7-3-2-4-8-12/h1-23,38H,37H2;2-10H,1H3. The van der Waals surface area contributed by atoms with Crippen LogP contribution >= 0.6 is 0 Å². The summed E-state index contributed by atoms with van der Waals surface area (Å²) in [4.78, 5) is 0. The van der Waals surface area contributed by atoms with Crippen molar-refractivity contribution >= 4 is 49.4 Å². The molecule has 0 atom stereocenters. The van der Waals surface area contributed by atoms with Crippen LogP contribution in [0.25, 0.3) is 65.7 Å². The molecule has 0 radical (unpaired) electrons. The molecule has 9 aromatic carbocycles. The summed E-state index contributed by atoms with van der Waals surface area (Å²) in [6, 6.07) is 68.4. The molecule has 2 nitrogen and oxygen atoms in total. The summed E-state index contributed by atoms with van der Waals surface area (Å²) in [5, 5.41) is 11.0. The fourth-order valence-corrected chi connectivity index (χ4v) is 7.11. The maximum absolute atomic E-state index is 6.15. The smallest absolute Gasteiger partial charge is 0.0617 e. The zero-order valence-corrected chi connectivity index (χ0v) is 28.6. The average molecular weight is 655 g/mol. The van der Waals surface area contributed by atoms with Gasteiger partial charge >= 0.3 is 0 Å². The molecule has 0 saturated carbocycles. The Balaban J connectivity index is 0.000000242. The summed E-state index contributed by atoms with van der Waals surface area (Å²) in [5.41, 5.74) is 17.7. The number of nitrogens with one attached hydrogen (secondary N) is 1. The first-order valence-electron chi connectivity index (χ1n) is 17.4. The normalized spacial score (nSPS) is 10.9. The van der Waals surface area contributed by atoms with E-state index in [-0.39, 0.29) is 0 Å². The van der Waals surface area contributed by atoms with E-state index < -0.39 is 0 Å². The van der Waals surface area contributed by atoms with Gasteiger partial charge in [-0.2, -0.15) is 0 Å². The molecular weight excluding hydrogens is 617 g/mol. The van der Waals surface area contributed by atoms with E-state index in [1.807, 2.05) is 30.3 Å². The monoisotopic (exact) mass is 654 g/mol. The molecule has 0 unspecified atom stereocenters. The fourth-order valence-electron chi connectivity index (χ4n) is 7.11. The highest BCUT2D eigenvalue weighted by molar-refractivity contribution is 6.23. The first kappa shape index (κ1) is 31.6. The third-order valence-corrected chi connectivity index (χ3v) is 9.53. The van der Waals surface area contributed by atoms with Crippen molar-refractivity contribution in [1.82, 2.24) is 0 Å². The number of para-hydroxylation sites is 2. The summed E-state index contributed by atoms with van der Waals surface area (Å²) in [6.45, 7) is 2.12. The molecule has 0 amide bonds. The van der Waals surface area contributed by atoms with E-state index in [9.17, 15) is 0 Å². The Morgan fingerprint density at radius 1 is 0.392 bits per heavy atom. The van der Waals surface area contributed by atoms with Crippen LogP contribution in [-0.2, 0) is 0 Å². The first-order valence-corrected chi connectivity index (χ1v) is 17.4. The second-order valence-electron chi connectivity index (χ2n) is 12.9. The molecule has 3 N–H and O–H groups in total. The van der Waals surface area contributed by atoms with Crippen molar-refractivity contribution in [2.75, 3.05) is 11.1 Å².